The van der Waals surface area contributed by atoms with E-state index in [0.29, 0.717) is 11.6 Å². The number of hydrogen-bond acceptors (Lipinski definition) is 8. The second-order valence-corrected chi connectivity index (χ2v) is 12.7. The number of morpholine rings is 1. The highest BCUT2D eigenvalue weighted by Crippen LogP contribution is 2.36. The van der Waals surface area contributed by atoms with Gasteiger partial charge in [0.25, 0.3) is 5.56 Å². The van der Waals surface area contributed by atoms with E-state index in [1.165, 1.54) is 0 Å². The van der Waals surface area contributed by atoms with Crippen LogP contribution in [0, 0.1) is 20.8 Å². The third kappa shape index (κ3) is 8.18. The fraction of sp³-hybridized carbons (Fsp3) is 0.514. The summed E-state index contributed by atoms with van der Waals surface area (Å²) < 4.78 is 5.48. The molecule has 1 aliphatic carbocycles. The lowest BCUT2D eigenvalue weighted by molar-refractivity contribution is -0.119. The fourth-order valence-corrected chi connectivity index (χ4v) is 6.72. The van der Waals surface area contributed by atoms with Gasteiger partial charge in [-0.3, -0.25) is 24.8 Å². The first-order valence-electron chi connectivity index (χ1n) is 16.1. The van der Waals surface area contributed by atoms with Gasteiger partial charge in [-0.15, -0.1) is 0 Å². The molecule has 1 amide bonds. The number of aryl methyl sites for hydroxylation is 2. The second kappa shape index (κ2) is 14.7. The van der Waals surface area contributed by atoms with Crippen LogP contribution < -0.4 is 21.1 Å². The molecule has 242 valence electrons. The Balaban J connectivity index is 1.42. The van der Waals surface area contributed by atoms with Crippen molar-refractivity contribution in [2.75, 3.05) is 38.3 Å². The minimum atomic E-state index is -0.985. The van der Waals surface area contributed by atoms with Gasteiger partial charge in [-0.2, -0.15) is 0 Å². The van der Waals surface area contributed by atoms with Crippen LogP contribution in [0.4, 0.5) is 5.69 Å². The number of aliphatic hydroxyl groups is 1. The van der Waals surface area contributed by atoms with E-state index in [2.05, 4.69) is 50.7 Å². The number of carbonyl (C=O) groups is 1. The average molecular weight is 617 g/mol. The lowest BCUT2D eigenvalue weighted by Gasteiger charge is -2.37. The summed E-state index contributed by atoms with van der Waals surface area (Å²) in [6.07, 6.45) is 4.73. The second-order valence-electron chi connectivity index (χ2n) is 12.7. The molecule has 3 aromatic rings. The zero-order chi connectivity index (χ0) is 32.1. The summed E-state index contributed by atoms with van der Waals surface area (Å²) in [5.41, 5.74) is 7.93. The molecule has 2 fully saturated rings. The van der Waals surface area contributed by atoms with Crippen LogP contribution in [0.5, 0.6) is 0 Å². The average Bonchev–Trinajstić information content (AvgIpc) is 3.01. The van der Waals surface area contributed by atoms with Crippen LogP contribution in [0.25, 0.3) is 11.1 Å². The minimum Gasteiger partial charge on any atom is -0.379 e. The van der Waals surface area contributed by atoms with E-state index < -0.39 is 6.23 Å². The maximum Gasteiger partial charge on any atom is 0.252 e. The molecule has 1 aliphatic heterocycles. The monoisotopic (exact) mass is 616 g/mol. The summed E-state index contributed by atoms with van der Waals surface area (Å²) in [5.74, 6) is 0.0221. The Labute approximate surface area is 266 Å². The van der Waals surface area contributed by atoms with Crippen molar-refractivity contribution in [3.8, 4) is 11.1 Å². The zero-order valence-corrected chi connectivity index (χ0v) is 27.3. The summed E-state index contributed by atoms with van der Waals surface area (Å²) in [7, 11) is 2.12. The van der Waals surface area contributed by atoms with Gasteiger partial charge in [-0.1, -0.05) is 6.07 Å². The summed E-state index contributed by atoms with van der Waals surface area (Å²) in [4.78, 5) is 36.6. The number of anilines is 1. The van der Waals surface area contributed by atoms with Crippen molar-refractivity contribution < 1.29 is 14.6 Å². The highest BCUT2D eigenvalue weighted by Gasteiger charge is 2.27. The lowest BCUT2D eigenvalue weighted by Crippen LogP contribution is -2.42. The predicted molar refractivity (Wildman–Crippen MR) is 177 cm³/mol. The van der Waals surface area contributed by atoms with Crippen LogP contribution in [0.15, 0.2) is 41.3 Å². The molecule has 3 heterocycles. The molecule has 45 heavy (non-hydrogen) atoms. The number of nitrogens with one attached hydrogen (secondary N) is 3. The van der Waals surface area contributed by atoms with E-state index in [0.717, 1.165) is 103 Å². The summed E-state index contributed by atoms with van der Waals surface area (Å²) in [5, 5.41) is 17.8. The van der Waals surface area contributed by atoms with Crippen molar-refractivity contribution in [1.29, 1.82) is 0 Å². The summed E-state index contributed by atoms with van der Waals surface area (Å²) in [6, 6.07) is 10.9. The number of aromatic nitrogens is 2. The molecule has 4 N–H and O–H groups in total. The first kappa shape index (κ1) is 32.8. The molecule has 1 atom stereocenters. The maximum absolute atomic E-state index is 12.6. The number of nitrogens with zero attached hydrogens (tertiary/aromatic N) is 3. The molecular weight excluding hydrogens is 568 g/mol. The van der Waals surface area contributed by atoms with Crippen LogP contribution >= 0.6 is 0 Å². The van der Waals surface area contributed by atoms with E-state index in [9.17, 15) is 14.7 Å². The Hall–Kier alpha value is -3.57. The number of pyridine rings is 2. The zero-order valence-electron chi connectivity index (χ0n) is 27.3. The molecule has 1 saturated carbocycles. The molecule has 2 aliphatic rings. The van der Waals surface area contributed by atoms with Gasteiger partial charge in [-0.05, 0) is 87.4 Å². The molecule has 0 bridgehead atoms. The minimum absolute atomic E-state index is 0.0221. The Kier molecular flexibility index (Phi) is 10.7. The first-order chi connectivity index (χ1) is 21.6. The molecule has 1 saturated heterocycles. The van der Waals surface area contributed by atoms with Crippen LogP contribution in [-0.2, 0) is 22.6 Å². The van der Waals surface area contributed by atoms with Gasteiger partial charge in [-0.25, -0.2) is 0 Å². The summed E-state index contributed by atoms with van der Waals surface area (Å²) in [6.45, 7) is 11.8. The Morgan fingerprint density at radius 1 is 1.11 bits per heavy atom. The van der Waals surface area contributed by atoms with Crippen molar-refractivity contribution in [1.82, 2.24) is 25.5 Å². The highest BCUT2D eigenvalue weighted by atomic mass is 16.5. The highest BCUT2D eigenvalue weighted by molar-refractivity contribution is 5.73. The van der Waals surface area contributed by atoms with Gasteiger partial charge in [0.15, 0.2) is 0 Å². The number of aromatic amines is 1. The number of aliphatic hydroxyl groups excluding tert-OH is 1. The number of carbonyl (C=O) groups excluding carboxylic acids is 1. The number of hydrogen-bond donors (Lipinski definition) is 4. The Morgan fingerprint density at radius 2 is 1.84 bits per heavy atom. The number of H-pyrrole nitrogens is 1. The van der Waals surface area contributed by atoms with Gasteiger partial charge >= 0.3 is 0 Å². The van der Waals surface area contributed by atoms with Crippen molar-refractivity contribution in [3.63, 3.8) is 0 Å². The van der Waals surface area contributed by atoms with Gasteiger partial charge < -0.3 is 25.0 Å². The fourth-order valence-electron chi connectivity index (χ4n) is 6.72. The molecule has 0 spiro atoms. The molecular formula is C35H48N6O4. The van der Waals surface area contributed by atoms with Crippen molar-refractivity contribution in [2.45, 2.75) is 84.8 Å². The van der Waals surface area contributed by atoms with Gasteiger partial charge in [0, 0.05) is 86.5 Å². The quantitative estimate of drug-likeness (QED) is 0.254. The van der Waals surface area contributed by atoms with E-state index in [-0.39, 0.29) is 24.1 Å². The third-order valence-electron chi connectivity index (χ3n) is 9.36. The van der Waals surface area contributed by atoms with E-state index in [4.69, 9.17) is 9.72 Å². The molecule has 1 aromatic carbocycles. The summed E-state index contributed by atoms with van der Waals surface area (Å²) >= 11 is 0. The van der Waals surface area contributed by atoms with Crippen molar-refractivity contribution in [3.05, 3.63) is 80.5 Å². The predicted octanol–water partition coefficient (Wildman–Crippen LogP) is 3.86. The third-order valence-corrected chi connectivity index (χ3v) is 9.36. The van der Waals surface area contributed by atoms with Crippen LogP contribution in [0.2, 0.25) is 0 Å². The number of rotatable bonds is 10. The normalized spacial score (nSPS) is 19.7. The molecule has 10 heteroatoms. The molecule has 2 aromatic heterocycles. The number of benzene rings is 1. The molecule has 1 unspecified atom stereocenters. The maximum atomic E-state index is 12.6. The Bertz CT molecular complexity index is 1520. The van der Waals surface area contributed by atoms with E-state index in [1.807, 2.05) is 39.1 Å². The molecule has 5 rings (SSSR count). The van der Waals surface area contributed by atoms with Gasteiger partial charge in [0.05, 0.1) is 18.9 Å². The SMILES string of the molecule is CC(=O)NC1CCC(N(C)c2cc(-c3ccc(CN4CCOCC4)nc3)cc(C(O)NCc3c(C)cc(C)[nH]c3=O)c2C)CC1. The van der Waals surface area contributed by atoms with Crippen LogP contribution in [0.3, 0.4) is 0 Å². The van der Waals surface area contributed by atoms with Gasteiger partial charge in [0.1, 0.15) is 6.23 Å². The standard InChI is InChI=1S/C35H48N6O4/c1-22-16-23(2)38-35(44)32(22)20-37-34(43)31-17-27(26-6-7-29(36-19-26)21-41-12-14-45-15-13-41)18-33(24(31)3)40(5)30-10-8-28(9-11-30)39-25(4)42/h6-7,16-19,28,30,34,37,43H,8-15,20-21H2,1-5H3,(H,38,44)(H,39,42). The largest absolute Gasteiger partial charge is 0.379 e. The number of ether oxygens (including phenoxy) is 1. The van der Waals surface area contributed by atoms with E-state index in [1.54, 1.807) is 6.92 Å². The van der Waals surface area contributed by atoms with Crippen molar-refractivity contribution in [2.24, 2.45) is 0 Å². The van der Waals surface area contributed by atoms with Crippen LogP contribution in [0.1, 0.15) is 72.5 Å². The van der Waals surface area contributed by atoms with Gasteiger partial charge in [0.2, 0.25) is 5.91 Å². The first-order valence-corrected chi connectivity index (χ1v) is 16.1. The smallest absolute Gasteiger partial charge is 0.252 e. The lowest BCUT2D eigenvalue weighted by atomic mass is 9.89. The Morgan fingerprint density at radius 3 is 2.49 bits per heavy atom. The van der Waals surface area contributed by atoms with Crippen molar-refractivity contribution >= 4 is 11.6 Å². The topological polar surface area (TPSA) is 123 Å². The van der Waals surface area contributed by atoms with E-state index >= 15 is 0 Å². The van der Waals surface area contributed by atoms with Crippen LogP contribution in [-0.4, -0.2) is 71.3 Å². The molecule has 0 radical (unpaired) electrons. The molecule has 10 nitrogen and oxygen atoms in total. The number of amides is 1.